The van der Waals surface area contributed by atoms with Crippen LogP contribution in [0.3, 0.4) is 0 Å². The van der Waals surface area contributed by atoms with Crippen molar-refractivity contribution in [1.29, 1.82) is 0 Å². The normalized spacial score (nSPS) is 13.4. The van der Waals surface area contributed by atoms with Crippen molar-refractivity contribution in [2.45, 2.75) is 24.9 Å². The van der Waals surface area contributed by atoms with Gasteiger partial charge >= 0.3 is 12.4 Å². The average Bonchev–Trinajstić information content (AvgIpc) is 1.87. The summed E-state index contributed by atoms with van der Waals surface area (Å²) < 4.78 is 68.2. The first-order valence-corrected chi connectivity index (χ1v) is 2.80. The number of halogens is 6. The van der Waals surface area contributed by atoms with Gasteiger partial charge in [0.05, 0.1) is 0 Å². The maximum Gasteiger partial charge on any atom is 0.425 e. The largest absolute Gasteiger partial charge is 0.425 e. The smallest absolute Gasteiger partial charge is 0.400 e. The lowest BCUT2D eigenvalue weighted by molar-refractivity contribution is -0.360. The van der Waals surface area contributed by atoms with Gasteiger partial charge in [-0.25, -0.2) is 0 Å². The Hall–Kier alpha value is -0.500. The molecular formula is C5H8F6O2. The van der Waals surface area contributed by atoms with Crippen molar-refractivity contribution in [3.8, 4) is 0 Å². The van der Waals surface area contributed by atoms with E-state index < -0.39 is 18.0 Å². The lowest BCUT2D eigenvalue weighted by Crippen LogP contribution is -2.54. The lowest BCUT2D eigenvalue weighted by Gasteiger charge is -2.28. The third kappa shape index (κ3) is 3.39. The van der Waals surface area contributed by atoms with Crippen molar-refractivity contribution in [3.63, 3.8) is 0 Å². The number of aliphatic hydroxyl groups excluding tert-OH is 1. The van der Waals surface area contributed by atoms with E-state index in [1.165, 1.54) is 0 Å². The van der Waals surface area contributed by atoms with E-state index in [0.29, 0.717) is 0 Å². The van der Waals surface area contributed by atoms with Gasteiger partial charge in [-0.15, -0.1) is 0 Å². The zero-order valence-corrected chi connectivity index (χ0v) is 6.66. The van der Waals surface area contributed by atoms with Crippen molar-refractivity contribution < 1.29 is 36.6 Å². The maximum atomic E-state index is 11.4. The Morgan fingerprint density at radius 1 is 0.769 bits per heavy atom. The summed E-state index contributed by atoms with van der Waals surface area (Å²) in [6.07, 6.45) is -11.4. The van der Waals surface area contributed by atoms with Crippen LogP contribution in [-0.4, -0.2) is 35.3 Å². The number of alkyl halides is 6. The number of hydrogen-bond acceptors (Lipinski definition) is 2. The quantitative estimate of drug-likeness (QED) is 0.599. The lowest BCUT2D eigenvalue weighted by atomic mass is 10.1. The van der Waals surface area contributed by atoms with Crippen LogP contribution in [0, 0.1) is 0 Å². The summed E-state index contributed by atoms with van der Waals surface area (Å²) in [5.41, 5.74) is -4.62. The molecule has 0 saturated heterocycles. The molecule has 13 heavy (non-hydrogen) atoms. The Balaban J connectivity index is 0. The fraction of sp³-hybridized carbons (Fsp3) is 1.00. The monoisotopic (exact) mass is 214 g/mol. The van der Waals surface area contributed by atoms with Crippen molar-refractivity contribution >= 4 is 0 Å². The molecule has 0 aliphatic heterocycles. The minimum Gasteiger partial charge on any atom is -0.400 e. The van der Waals surface area contributed by atoms with E-state index in [-0.39, 0.29) is 6.92 Å². The summed E-state index contributed by atoms with van der Waals surface area (Å²) in [6.45, 7) is -0.340. The van der Waals surface area contributed by atoms with Gasteiger partial charge in [0.2, 0.25) is 0 Å². The van der Waals surface area contributed by atoms with Crippen LogP contribution in [0.4, 0.5) is 26.3 Å². The van der Waals surface area contributed by atoms with Crippen LogP contribution in [0.1, 0.15) is 6.92 Å². The highest BCUT2D eigenvalue weighted by molar-refractivity contribution is 4.88. The van der Waals surface area contributed by atoms with Crippen LogP contribution in [0.5, 0.6) is 0 Å². The molecule has 0 bridgehead atoms. The fourth-order valence-corrected chi connectivity index (χ4v) is 0.161. The molecule has 0 heterocycles. The minimum atomic E-state index is -5.69. The van der Waals surface area contributed by atoms with E-state index in [4.69, 9.17) is 10.2 Å². The molecule has 0 unspecified atom stereocenters. The Morgan fingerprint density at radius 2 is 0.923 bits per heavy atom. The van der Waals surface area contributed by atoms with Gasteiger partial charge in [0.25, 0.3) is 5.60 Å². The highest BCUT2D eigenvalue weighted by Crippen LogP contribution is 2.42. The predicted molar refractivity (Wildman–Crippen MR) is 30.9 cm³/mol. The second kappa shape index (κ2) is 4.14. The summed E-state index contributed by atoms with van der Waals surface area (Å²) in [5, 5.41) is 14.9. The zero-order valence-electron chi connectivity index (χ0n) is 6.66. The first-order valence-electron chi connectivity index (χ1n) is 2.80. The van der Waals surface area contributed by atoms with Crippen molar-refractivity contribution in [3.05, 3.63) is 0 Å². The van der Waals surface area contributed by atoms with E-state index in [0.717, 1.165) is 7.11 Å². The molecule has 2 N–H and O–H groups in total. The topological polar surface area (TPSA) is 40.5 Å². The van der Waals surface area contributed by atoms with Crippen molar-refractivity contribution in [1.82, 2.24) is 0 Å². The highest BCUT2D eigenvalue weighted by Gasteiger charge is 2.67. The van der Waals surface area contributed by atoms with Gasteiger partial charge in [0.15, 0.2) is 0 Å². The molecule has 2 nitrogen and oxygen atoms in total. The van der Waals surface area contributed by atoms with Crippen LogP contribution in [0.15, 0.2) is 0 Å². The second-order valence-electron chi connectivity index (χ2n) is 2.07. The van der Waals surface area contributed by atoms with Crippen molar-refractivity contribution in [2.75, 3.05) is 7.11 Å². The first kappa shape index (κ1) is 15.0. The van der Waals surface area contributed by atoms with E-state index >= 15 is 0 Å². The molecule has 0 fully saturated rings. The Kier molecular flexibility index (Phi) is 4.78. The standard InChI is InChI=1S/C4H4F6O.CH4O/c1-2(11,3(5,6)7)4(8,9)10;1-2/h11H,1H3;2H,1H3. The molecule has 0 aromatic heterocycles. The van der Waals surface area contributed by atoms with Crippen LogP contribution in [0.2, 0.25) is 0 Å². The molecule has 0 rings (SSSR count). The molecule has 0 aliphatic carbocycles. The Labute approximate surface area is 69.8 Å². The summed E-state index contributed by atoms with van der Waals surface area (Å²) in [4.78, 5) is 0. The molecule has 0 aromatic carbocycles. The Morgan fingerprint density at radius 3 is 0.923 bits per heavy atom. The van der Waals surface area contributed by atoms with Gasteiger partial charge in [0, 0.05) is 7.11 Å². The average molecular weight is 214 g/mol. The van der Waals surface area contributed by atoms with Crippen LogP contribution < -0.4 is 0 Å². The molecule has 0 amide bonds. The van der Waals surface area contributed by atoms with Gasteiger partial charge in [-0.3, -0.25) is 0 Å². The van der Waals surface area contributed by atoms with Gasteiger partial charge in [-0.1, -0.05) is 0 Å². The second-order valence-corrected chi connectivity index (χ2v) is 2.07. The minimum absolute atomic E-state index is 0.340. The molecule has 0 atom stereocenters. The van der Waals surface area contributed by atoms with Crippen LogP contribution in [-0.2, 0) is 0 Å². The van der Waals surface area contributed by atoms with Crippen molar-refractivity contribution in [2.24, 2.45) is 0 Å². The molecule has 0 aromatic rings. The maximum absolute atomic E-state index is 11.4. The van der Waals surface area contributed by atoms with E-state index in [2.05, 4.69) is 0 Å². The number of rotatable bonds is 0. The molecular weight excluding hydrogens is 206 g/mol. The highest BCUT2D eigenvalue weighted by atomic mass is 19.4. The number of aliphatic hydroxyl groups is 2. The SMILES string of the molecule is CC(O)(C(F)(F)F)C(F)(F)F.CO. The number of hydrogen-bond donors (Lipinski definition) is 2. The van der Waals surface area contributed by atoms with Gasteiger partial charge < -0.3 is 10.2 Å². The predicted octanol–water partition coefficient (Wildman–Crippen LogP) is 1.47. The summed E-state index contributed by atoms with van der Waals surface area (Å²) >= 11 is 0. The van der Waals surface area contributed by atoms with E-state index in [1.54, 1.807) is 0 Å². The third-order valence-corrected chi connectivity index (χ3v) is 1.10. The first-order chi connectivity index (χ1) is 5.50. The molecule has 0 radical (unpaired) electrons. The molecule has 0 saturated carbocycles. The fourth-order valence-electron chi connectivity index (χ4n) is 0.161. The summed E-state index contributed by atoms with van der Waals surface area (Å²) in [5.74, 6) is 0. The van der Waals surface area contributed by atoms with Crippen LogP contribution >= 0.6 is 0 Å². The summed E-state index contributed by atoms with van der Waals surface area (Å²) in [7, 11) is 1.00. The molecule has 82 valence electrons. The van der Waals surface area contributed by atoms with E-state index in [9.17, 15) is 26.3 Å². The third-order valence-electron chi connectivity index (χ3n) is 1.10. The van der Waals surface area contributed by atoms with E-state index in [1.807, 2.05) is 0 Å². The molecule has 0 spiro atoms. The molecule has 0 aliphatic rings. The Bertz CT molecular complexity index is 130. The van der Waals surface area contributed by atoms with Gasteiger partial charge in [0.1, 0.15) is 0 Å². The van der Waals surface area contributed by atoms with Crippen LogP contribution in [0.25, 0.3) is 0 Å². The summed E-state index contributed by atoms with van der Waals surface area (Å²) in [6, 6.07) is 0. The van der Waals surface area contributed by atoms with Gasteiger partial charge in [-0.2, -0.15) is 26.3 Å². The van der Waals surface area contributed by atoms with Gasteiger partial charge in [-0.05, 0) is 6.92 Å². The molecule has 8 heteroatoms. The zero-order chi connectivity index (χ0) is 11.5.